The van der Waals surface area contributed by atoms with E-state index in [0.29, 0.717) is 17.2 Å². The van der Waals surface area contributed by atoms with Crippen molar-refractivity contribution < 1.29 is 32.2 Å². The molecule has 0 spiro atoms. The van der Waals surface area contributed by atoms with Crippen molar-refractivity contribution in [3.63, 3.8) is 0 Å². The van der Waals surface area contributed by atoms with Crippen molar-refractivity contribution in [1.82, 2.24) is 0 Å². The van der Waals surface area contributed by atoms with Crippen LogP contribution in [0.15, 0.2) is 42.5 Å². The van der Waals surface area contributed by atoms with Gasteiger partial charge in [-0.25, -0.2) is 8.42 Å². The number of sulfone groups is 1. The van der Waals surface area contributed by atoms with Crippen molar-refractivity contribution in [2.75, 3.05) is 38.2 Å². The van der Waals surface area contributed by atoms with Gasteiger partial charge in [-0.3, -0.25) is 9.59 Å². The van der Waals surface area contributed by atoms with Gasteiger partial charge in [-0.15, -0.1) is 0 Å². The maximum Gasteiger partial charge on any atom is 0.239 e. The molecule has 28 heavy (non-hydrogen) atoms. The van der Waals surface area contributed by atoms with Crippen LogP contribution in [0.3, 0.4) is 0 Å². The molecule has 0 saturated heterocycles. The number of amides is 1. The monoisotopic (exact) mass is 407 g/mol. The van der Waals surface area contributed by atoms with Crippen molar-refractivity contribution >= 4 is 27.2 Å². The maximum absolute atomic E-state index is 12.4. The van der Waals surface area contributed by atoms with Crippen LogP contribution in [0, 0.1) is 0 Å². The van der Waals surface area contributed by atoms with Crippen molar-refractivity contribution in [3.8, 4) is 17.2 Å². The third-order valence-electron chi connectivity index (χ3n) is 3.78. The second-order valence-electron chi connectivity index (χ2n) is 5.80. The van der Waals surface area contributed by atoms with Gasteiger partial charge in [-0.2, -0.15) is 0 Å². The van der Waals surface area contributed by atoms with E-state index in [0.717, 1.165) is 0 Å². The zero-order chi connectivity index (χ0) is 20.7. The molecule has 0 heterocycles. The van der Waals surface area contributed by atoms with E-state index in [1.807, 2.05) is 0 Å². The molecule has 0 fully saturated rings. The van der Waals surface area contributed by atoms with Gasteiger partial charge in [0.25, 0.3) is 0 Å². The third kappa shape index (κ3) is 5.71. The number of hydrogen-bond donors (Lipinski definition) is 1. The molecule has 0 atom stereocenters. The molecule has 0 radical (unpaired) electrons. The second kappa shape index (κ2) is 9.23. The summed E-state index contributed by atoms with van der Waals surface area (Å²) in [5.74, 6) is -1.77. The minimum atomic E-state index is -3.97. The molecular formula is C19H21NO7S. The molecule has 0 bridgehead atoms. The lowest BCUT2D eigenvalue weighted by atomic mass is 10.1. The Kier molecular flexibility index (Phi) is 7.00. The van der Waals surface area contributed by atoms with Gasteiger partial charge < -0.3 is 19.5 Å². The first-order valence-corrected chi connectivity index (χ1v) is 9.99. The highest BCUT2D eigenvalue weighted by Crippen LogP contribution is 2.25. The van der Waals surface area contributed by atoms with Gasteiger partial charge in [0.15, 0.2) is 15.6 Å². The molecule has 2 aromatic rings. The summed E-state index contributed by atoms with van der Waals surface area (Å²) in [7, 11) is 0.358. The van der Waals surface area contributed by atoms with E-state index < -0.39 is 33.0 Å². The fraction of sp³-hybridized carbons (Fsp3) is 0.263. The Morgan fingerprint density at radius 3 is 2.04 bits per heavy atom. The first-order chi connectivity index (χ1) is 13.3. The van der Waals surface area contributed by atoms with E-state index in [1.165, 1.54) is 39.5 Å². The van der Waals surface area contributed by atoms with Crippen molar-refractivity contribution in [1.29, 1.82) is 0 Å². The smallest absolute Gasteiger partial charge is 0.239 e. The quantitative estimate of drug-likeness (QED) is 0.633. The molecule has 2 rings (SSSR count). The van der Waals surface area contributed by atoms with Crippen LogP contribution in [0.25, 0.3) is 0 Å². The number of nitrogens with one attached hydrogen (secondary N) is 1. The second-order valence-corrected chi connectivity index (χ2v) is 7.86. The van der Waals surface area contributed by atoms with Crippen LogP contribution < -0.4 is 19.5 Å². The number of benzene rings is 2. The Bertz CT molecular complexity index is 953. The fourth-order valence-electron chi connectivity index (χ4n) is 2.43. The van der Waals surface area contributed by atoms with E-state index in [1.54, 1.807) is 24.3 Å². The summed E-state index contributed by atoms with van der Waals surface area (Å²) < 4.78 is 39.7. The van der Waals surface area contributed by atoms with Crippen molar-refractivity contribution in [2.45, 2.75) is 0 Å². The van der Waals surface area contributed by atoms with E-state index in [4.69, 9.17) is 14.2 Å². The number of methoxy groups -OCH3 is 3. The van der Waals surface area contributed by atoms with Gasteiger partial charge in [0.2, 0.25) is 5.91 Å². The Morgan fingerprint density at radius 2 is 1.46 bits per heavy atom. The molecule has 8 nitrogen and oxygen atoms in total. The zero-order valence-electron chi connectivity index (χ0n) is 15.7. The van der Waals surface area contributed by atoms with E-state index in [9.17, 15) is 18.0 Å². The Balaban J connectivity index is 2.04. The molecule has 2 aromatic carbocycles. The van der Waals surface area contributed by atoms with Crippen molar-refractivity contribution in [2.24, 2.45) is 0 Å². The Labute approximate surface area is 163 Å². The number of rotatable bonds is 9. The first-order valence-electron chi connectivity index (χ1n) is 8.17. The highest BCUT2D eigenvalue weighted by molar-refractivity contribution is 7.92. The predicted octanol–water partition coefficient (Wildman–Crippen LogP) is 1.95. The highest BCUT2D eigenvalue weighted by Gasteiger charge is 2.24. The summed E-state index contributed by atoms with van der Waals surface area (Å²) in [4.78, 5) is 24.4. The average molecular weight is 407 g/mol. The van der Waals surface area contributed by atoms with Crippen LogP contribution in [0.1, 0.15) is 10.4 Å². The molecule has 0 aromatic heterocycles. The zero-order valence-corrected chi connectivity index (χ0v) is 16.5. The summed E-state index contributed by atoms with van der Waals surface area (Å²) in [6.45, 7) is 0. The number of Topliss-reactive ketones (excluding diaryl/α,β-unsaturated/α-hetero) is 1. The highest BCUT2D eigenvalue weighted by atomic mass is 32.2. The number of carbonyl (C=O) groups is 2. The fourth-order valence-corrected chi connectivity index (χ4v) is 3.56. The SMILES string of the molecule is COc1ccc(NC(=O)CS(=O)(=O)CC(=O)c2ccc(OC)cc2OC)cc1. The molecule has 0 unspecified atom stereocenters. The molecule has 150 valence electrons. The van der Waals surface area contributed by atoms with Crippen LogP contribution in [-0.4, -0.2) is 52.9 Å². The molecule has 0 aliphatic heterocycles. The van der Waals surface area contributed by atoms with E-state index >= 15 is 0 Å². The lowest BCUT2D eigenvalue weighted by Gasteiger charge is -2.10. The van der Waals surface area contributed by atoms with Crippen LogP contribution in [0.4, 0.5) is 5.69 Å². The van der Waals surface area contributed by atoms with Crippen LogP contribution in [0.5, 0.6) is 17.2 Å². The summed E-state index contributed by atoms with van der Waals surface area (Å²) in [6.07, 6.45) is 0. The molecule has 0 aliphatic carbocycles. The maximum atomic E-state index is 12.4. The molecule has 1 amide bonds. The van der Waals surface area contributed by atoms with Gasteiger partial charge in [-0.1, -0.05) is 0 Å². The van der Waals surface area contributed by atoms with Gasteiger partial charge in [0.1, 0.15) is 28.8 Å². The summed E-state index contributed by atoms with van der Waals surface area (Å²) in [5.41, 5.74) is 0.520. The first kappa shape index (κ1) is 21.2. The number of carbonyl (C=O) groups excluding carboxylic acids is 2. The standard InChI is InChI=1S/C19H21NO7S/c1-25-14-6-4-13(5-7-14)20-19(22)12-28(23,24)11-17(21)16-9-8-15(26-2)10-18(16)27-3/h4-10H,11-12H2,1-3H3,(H,20,22). The average Bonchev–Trinajstić information content (AvgIpc) is 2.66. The Hall–Kier alpha value is -3.07. The lowest BCUT2D eigenvalue weighted by Crippen LogP contribution is -2.27. The molecular weight excluding hydrogens is 386 g/mol. The summed E-state index contributed by atoms with van der Waals surface area (Å²) >= 11 is 0. The van der Waals surface area contributed by atoms with Gasteiger partial charge >= 0.3 is 0 Å². The largest absolute Gasteiger partial charge is 0.497 e. The normalized spacial score (nSPS) is 10.8. The predicted molar refractivity (Wildman–Crippen MR) is 104 cm³/mol. The summed E-state index contributed by atoms with van der Waals surface area (Å²) in [5, 5.41) is 2.47. The molecule has 0 saturated carbocycles. The minimum absolute atomic E-state index is 0.0995. The molecule has 9 heteroatoms. The van der Waals surface area contributed by atoms with Crippen LogP contribution in [-0.2, 0) is 14.6 Å². The topological polar surface area (TPSA) is 108 Å². The van der Waals surface area contributed by atoms with Crippen molar-refractivity contribution in [3.05, 3.63) is 48.0 Å². The number of ketones is 1. The molecule has 1 N–H and O–H groups in total. The van der Waals surface area contributed by atoms with Crippen LogP contribution >= 0.6 is 0 Å². The number of hydrogen-bond acceptors (Lipinski definition) is 7. The lowest BCUT2D eigenvalue weighted by molar-refractivity contribution is -0.113. The van der Waals surface area contributed by atoms with Gasteiger partial charge in [0, 0.05) is 11.8 Å². The van der Waals surface area contributed by atoms with Gasteiger partial charge in [0.05, 0.1) is 26.9 Å². The Morgan fingerprint density at radius 1 is 0.857 bits per heavy atom. The van der Waals surface area contributed by atoms with Gasteiger partial charge in [-0.05, 0) is 36.4 Å². The van der Waals surface area contributed by atoms with E-state index in [2.05, 4.69) is 5.32 Å². The third-order valence-corrected chi connectivity index (χ3v) is 5.19. The van der Waals surface area contributed by atoms with Crippen LogP contribution in [0.2, 0.25) is 0 Å². The minimum Gasteiger partial charge on any atom is -0.497 e. The van der Waals surface area contributed by atoms with E-state index in [-0.39, 0.29) is 11.3 Å². The number of ether oxygens (including phenoxy) is 3. The number of anilines is 1. The molecule has 0 aliphatic rings. The summed E-state index contributed by atoms with van der Waals surface area (Å²) in [6, 6.07) is 10.8.